The summed E-state index contributed by atoms with van der Waals surface area (Å²) in [6.07, 6.45) is -14.9. The maximum Gasteiger partial charge on any atom is 0.187 e. The standard InChI is InChI=1S/C44H70O18/c1-18-7-10-44(57-15-18)19(2)30-26(62-44)12-24-22-6-5-20-11-21(8-9-42(20,3)23(22)13-29(47)43(24,30)4)58-41-38(61-40-37(54)34(51)32(49)27(14-45)59-40)35(52)33(50)28(60-41)17-56-39-36(53)31(48)25(46)16-55-39/h18-28,30-41,45-46,48-54H,5-17H2,1-4H3. The Balaban J connectivity index is 0.899. The van der Waals surface area contributed by atoms with Gasteiger partial charge in [0.2, 0.25) is 0 Å². The van der Waals surface area contributed by atoms with Gasteiger partial charge in [0.1, 0.15) is 72.9 Å². The quantitative estimate of drug-likeness (QED) is 0.133. The van der Waals surface area contributed by atoms with Crippen molar-refractivity contribution in [2.24, 2.45) is 52.3 Å². The molecule has 4 aliphatic carbocycles. The van der Waals surface area contributed by atoms with Crippen molar-refractivity contribution in [1.82, 2.24) is 0 Å². The predicted molar refractivity (Wildman–Crippen MR) is 210 cm³/mol. The van der Waals surface area contributed by atoms with E-state index in [1.807, 2.05) is 0 Å². The molecule has 0 amide bonds. The Bertz CT molecular complexity index is 1600. The molecular weight excluding hydrogens is 816 g/mol. The molecule has 26 atom stereocenters. The van der Waals surface area contributed by atoms with Crippen LogP contribution in [0.5, 0.6) is 0 Å². The molecule has 9 rings (SSSR count). The molecule has 18 heteroatoms. The fourth-order valence-electron chi connectivity index (χ4n) is 14.0. The molecular formula is C44H70O18. The van der Waals surface area contributed by atoms with E-state index >= 15 is 0 Å². The van der Waals surface area contributed by atoms with E-state index in [1.54, 1.807) is 0 Å². The summed E-state index contributed by atoms with van der Waals surface area (Å²) in [5.41, 5.74) is -0.606. The summed E-state index contributed by atoms with van der Waals surface area (Å²) in [5, 5.41) is 94.8. The highest BCUT2D eigenvalue weighted by Crippen LogP contribution is 2.70. The van der Waals surface area contributed by atoms with Crippen LogP contribution < -0.4 is 0 Å². The van der Waals surface area contributed by atoms with Crippen molar-refractivity contribution in [3.8, 4) is 0 Å². The summed E-state index contributed by atoms with van der Waals surface area (Å²) < 4.78 is 48.9. The highest BCUT2D eigenvalue weighted by Gasteiger charge is 2.72. The number of rotatable bonds is 8. The minimum atomic E-state index is -1.81. The molecule has 0 bridgehead atoms. The number of hydrogen-bond acceptors (Lipinski definition) is 18. The molecule has 5 aliphatic heterocycles. The van der Waals surface area contributed by atoms with Crippen molar-refractivity contribution in [3.05, 3.63) is 0 Å². The van der Waals surface area contributed by atoms with Crippen LogP contribution in [0.15, 0.2) is 0 Å². The van der Waals surface area contributed by atoms with E-state index in [9.17, 15) is 50.8 Å². The van der Waals surface area contributed by atoms with Gasteiger partial charge >= 0.3 is 0 Å². The molecule has 5 saturated heterocycles. The zero-order chi connectivity index (χ0) is 44.2. The third kappa shape index (κ3) is 7.47. The number of Topliss-reactive ketones (excluding diaryl/α,β-unsaturated/α-hetero) is 1. The fourth-order valence-corrected chi connectivity index (χ4v) is 14.0. The number of fused-ring (bicyclic) bond motifs is 7. The smallest absolute Gasteiger partial charge is 0.187 e. The van der Waals surface area contributed by atoms with Gasteiger partial charge in [-0.2, -0.15) is 0 Å². The van der Waals surface area contributed by atoms with Crippen LogP contribution in [0.4, 0.5) is 0 Å². The molecule has 0 aromatic rings. The lowest BCUT2D eigenvalue weighted by Crippen LogP contribution is -2.65. The Morgan fingerprint density at radius 3 is 2.18 bits per heavy atom. The van der Waals surface area contributed by atoms with Gasteiger partial charge < -0.3 is 83.9 Å². The Morgan fingerprint density at radius 2 is 1.45 bits per heavy atom. The number of carbonyl (C=O) groups is 1. The van der Waals surface area contributed by atoms with Crippen LogP contribution in [0.1, 0.15) is 85.5 Å². The van der Waals surface area contributed by atoms with Crippen molar-refractivity contribution < 1.29 is 88.6 Å². The van der Waals surface area contributed by atoms with Crippen LogP contribution in [0.3, 0.4) is 0 Å². The second-order valence-corrected chi connectivity index (χ2v) is 21.0. The van der Waals surface area contributed by atoms with Crippen molar-refractivity contribution in [2.75, 3.05) is 26.4 Å². The molecule has 18 nitrogen and oxygen atoms in total. The Morgan fingerprint density at radius 1 is 0.726 bits per heavy atom. The molecule has 62 heavy (non-hydrogen) atoms. The van der Waals surface area contributed by atoms with Gasteiger partial charge in [0, 0.05) is 30.1 Å². The predicted octanol–water partition coefficient (Wildman–Crippen LogP) is -0.915. The first-order valence-electron chi connectivity index (χ1n) is 23.2. The van der Waals surface area contributed by atoms with E-state index in [-0.39, 0.29) is 47.7 Å². The molecule has 5 heterocycles. The molecule has 4 saturated carbocycles. The zero-order valence-corrected chi connectivity index (χ0v) is 36.2. The first-order chi connectivity index (χ1) is 29.4. The van der Waals surface area contributed by atoms with Crippen molar-refractivity contribution >= 4 is 5.78 Å². The van der Waals surface area contributed by atoms with E-state index < -0.39 is 117 Å². The number of aliphatic hydroxyl groups excluding tert-OH is 9. The minimum Gasteiger partial charge on any atom is -0.394 e. The fraction of sp³-hybridized carbons (Fsp3) is 0.977. The highest BCUT2D eigenvalue weighted by atomic mass is 16.8. The van der Waals surface area contributed by atoms with Crippen LogP contribution in [-0.4, -0.2) is 182 Å². The Kier molecular flexibility index (Phi) is 12.8. The van der Waals surface area contributed by atoms with E-state index in [0.29, 0.717) is 43.5 Å². The van der Waals surface area contributed by atoms with Crippen LogP contribution in [-0.2, 0) is 42.7 Å². The summed E-state index contributed by atoms with van der Waals surface area (Å²) in [7, 11) is 0. The monoisotopic (exact) mass is 886 g/mol. The summed E-state index contributed by atoms with van der Waals surface area (Å²) in [5.74, 6) is 1.51. The lowest BCUT2D eigenvalue weighted by Gasteiger charge is -2.60. The first kappa shape index (κ1) is 46.1. The zero-order valence-electron chi connectivity index (χ0n) is 36.2. The lowest BCUT2D eigenvalue weighted by atomic mass is 9.44. The van der Waals surface area contributed by atoms with Gasteiger partial charge in [0.15, 0.2) is 24.7 Å². The average molecular weight is 887 g/mol. The van der Waals surface area contributed by atoms with Gasteiger partial charge in [0.05, 0.1) is 38.6 Å². The molecule has 9 aliphatic rings. The van der Waals surface area contributed by atoms with E-state index in [2.05, 4.69) is 27.7 Å². The van der Waals surface area contributed by atoms with E-state index in [0.717, 1.165) is 38.5 Å². The third-order valence-electron chi connectivity index (χ3n) is 17.7. The van der Waals surface area contributed by atoms with Gasteiger partial charge in [0.25, 0.3) is 0 Å². The number of ether oxygens (including phenoxy) is 8. The molecule has 354 valence electrons. The topological polar surface area (TPSA) is 273 Å². The molecule has 0 aromatic carbocycles. The first-order valence-corrected chi connectivity index (χ1v) is 23.2. The molecule has 0 aromatic heterocycles. The van der Waals surface area contributed by atoms with Gasteiger partial charge in [-0.1, -0.05) is 27.7 Å². The summed E-state index contributed by atoms with van der Waals surface area (Å²) in [6.45, 7) is 8.20. The lowest BCUT2D eigenvalue weighted by molar-refractivity contribution is -0.376. The van der Waals surface area contributed by atoms with E-state index in [4.69, 9.17) is 37.9 Å². The Hall–Kier alpha value is -1.01. The maximum atomic E-state index is 14.7. The van der Waals surface area contributed by atoms with Crippen LogP contribution in [0, 0.1) is 52.3 Å². The van der Waals surface area contributed by atoms with Crippen molar-refractivity contribution in [2.45, 2.75) is 189 Å². The SMILES string of the molecule is CC1CCC2(OC1)OC1CC3C4CCC5CC(OC6OC(COC7OCC(O)C(O)C7O)C(O)C(O)C6OC6OC(CO)C(O)C(O)C6O)CCC5(C)C4CC(=O)C3(C)C1C2C. The average Bonchev–Trinajstić information content (AvgIpc) is 3.70. The molecule has 0 radical (unpaired) electrons. The number of aliphatic hydroxyl groups is 9. The van der Waals surface area contributed by atoms with Gasteiger partial charge in [-0.15, -0.1) is 0 Å². The maximum absolute atomic E-state index is 14.7. The highest BCUT2D eigenvalue weighted by molar-refractivity contribution is 5.87. The molecule has 9 N–H and O–H groups in total. The molecule has 9 fully saturated rings. The minimum absolute atomic E-state index is 0.00209. The van der Waals surface area contributed by atoms with Gasteiger partial charge in [-0.05, 0) is 80.0 Å². The normalized spacial score (nSPS) is 57.8. The van der Waals surface area contributed by atoms with Crippen LogP contribution >= 0.6 is 0 Å². The van der Waals surface area contributed by atoms with Crippen molar-refractivity contribution in [1.29, 1.82) is 0 Å². The largest absolute Gasteiger partial charge is 0.394 e. The van der Waals surface area contributed by atoms with E-state index in [1.165, 1.54) is 0 Å². The second kappa shape index (κ2) is 17.3. The third-order valence-corrected chi connectivity index (χ3v) is 17.7. The number of ketones is 1. The molecule has 1 spiro atoms. The summed E-state index contributed by atoms with van der Waals surface area (Å²) in [4.78, 5) is 14.7. The second-order valence-electron chi connectivity index (χ2n) is 21.0. The summed E-state index contributed by atoms with van der Waals surface area (Å²) >= 11 is 0. The summed E-state index contributed by atoms with van der Waals surface area (Å²) in [6, 6.07) is 0. The van der Waals surface area contributed by atoms with Crippen LogP contribution in [0.25, 0.3) is 0 Å². The van der Waals surface area contributed by atoms with Crippen LogP contribution in [0.2, 0.25) is 0 Å². The van der Waals surface area contributed by atoms with Crippen molar-refractivity contribution in [3.63, 3.8) is 0 Å². The molecule has 26 unspecified atom stereocenters. The van der Waals surface area contributed by atoms with Gasteiger partial charge in [-0.25, -0.2) is 0 Å². The number of carbonyl (C=O) groups excluding carboxylic acids is 1. The Labute approximate surface area is 362 Å². The number of hydrogen-bond donors (Lipinski definition) is 9. The van der Waals surface area contributed by atoms with Gasteiger partial charge in [-0.3, -0.25) is 4.79 Å².